The first kappa shape index (κ1) is 60.3. The molecule has 0 saturated carbocycles. The molecule has 1 aliphatic rings. The van der Waals surface area contributed by atoms with E-state index in [2.05, 4.69) is 226 Å². The van der Waals surface area contributed by atoms with Gasteiger partial charge in [0.25, 0.3) is 0 Å². The summed E-state index contributed by atoms with van der Waals surface area (Å²) in [5.41, 5.74) is 14.1. The van der Waals surface area contributed by atoms with E-state index in [0.717, 1.165) is 0 Å². The third-order valence-corrected chi connectivity index (χ3v) is 35.2. The van der Waals surface area contributed by atoms with Gasteiger partial charge in [0.1, 0.15) is 0 Å². The zero-order valence-electron chi connectivity index (χ0n) is 44.9. The van der Waals surface area contributed by atoms with Gasteiger partial charge in [0.05, 0.1) is 0 Å². The quantitative estimate of drug-likeness (QED) is 0.212. The van der Waals surface area contributed by atoms with Crippen LogP contribution in [-0.2, 0) is 20.4 Å². The van der Waals surface area contributed by atoms with Crippen molar-refractivity contribution in [2.45, 2.75) is 191 Å². The fraction of sp³-hybridized carbons (Fsp3) is 0.569. The van der Waals surface area contributed by atoms with Crippen LogP contribution in [-0.4, -0.2) is 56.5 Å². The Labute approximate surface area is 421 Å². The summed E-state index contributed by atoms with van der Waals surface area (Å²) in [4.78, 5) is 0. The van der Waals surface area contributed by atoms with Crippen molar-refractivity contribution in [2.24, 2.45) is 0 Å². The SMILES string of the molecule is CC1=C(C)[C](C)([Ti+3])C([Si](c2c(C)c(C)cc([Si](C)(C)C)c2[Si](C)(C)C)(c2c(C)c(C)cc([Si](C)(C)C)c2[Si](C)(C)C)c2c(C)c(C)cc([Si](C)(C)C)c2[Si](C)(C)C)=C1C.[Cl-].[Cl-].[Cl-]. The molecule has 0 N–H and O–H groups in total. The Balaban J connectivity index is 0.00000641. The average molecular weight is 1050 g/mol. The van der Waals surface area contributed by atoms with Crippen molar-refractivity contribution in [3.05, 3.63) is 73.5 Å². The van der Waals surface area contributed by atoms with E-state index in [1.54, 1.807) is 49.0 Å². The summed E-state index contributed by atoms with van der Waals surface area (Å²) < 4.78 is -0.106. The summed E-state index contributed by atoms with van der Waals surface area (Å²) in [5.74, 6) is 0. The van der Waals surface area contributed by atoms with Gasteiger partial charge in [-0.3, -0.25) is 0 Å². The van der Waals surface area contributed by atoms with Crippen LogP contribution in [0.1, 0.15) is 61.1 Å². The van der Waals surface area contributed by atoms with Gasteiger partial charge in [0.2, 0.25) is 0 Å². The number of rotatable bonds is 10. The van der Waals surface area contributed by atoms with E-state index in [4.69, 9.17) is 0 Å². The molecule has 0 heterocycles. The van der Waals surface area contributed by atoms with Crippen molar-refractivity contribution in [3.63, 3.8) is 0 Å². The van der Waals surface area contributed by atoms with Crippen molar-refractivity contribution in [1.29, 1.82) is 0 Å². The van der Waals surface area contributed by atoms with Gasteiger partial charge in [0, 0.05) is 0 Å². The van der Waals surface area contributed by atoms with E-state index < -0.39 is 56.5 Å². The van der Waals surface area contributed by atoms with Gasteiger partial charge in [-0.05, 0) is 0 Å². The second-order valence-corrected chi connectivity index (χ2v) is 60.7. The first-order valence-electron chi connectivity index (χ1n) is 22.7. The number of hydrogen-bond donors (Lipinski definition) is 0. The fourth-order valence-corrected chi connectivity index (χ4v) is 41.8. The Morgan fingerprint density at radius 3 is 0.742 bits per heavy atom. The number of allylic oxidation sites excluding steroid dienone is 4. The van der Waals surface area contributed by atoms with Crippen LogP contribution in [0, 0.1) is 41.5 Å². The second kappa shape index (κ2) is 19.0. The molecule has 0 spiro atoms. The van der Waals surface area contributed by atoms with E-state index in [0.29, 0.717) is 0 Å². The molecule has 0 bridgehead atoms. The van der Waals surface area contributed by atoms with Crippen molar-refractivity contribution in [3.8, 4) is 0 Å². The largest absolute Gasteiger partial charge is 1.00 e. The number of aryl methyl sites for hydroxylation is 3. The maximum atomic E-state index is 2.72. The summed E-state index contributed by atoms with van der Waals surface area (Å²) >= 11 is 2.66. The first-order chi connectivity index (χ1) is 26.1. The summed E-state index contributed by atoms with van der Waals surface area (Å²) in [6.45, 7) is 73.8. The standard InChI is InChI=1S/C51H87Si7.3ClH.Ti/c1-32-29-42(52(11,12)13)49(55(20,21)22)46(35(32)4)58(45-40(9)38(7)39(8)41(45)10,47-36(5)33(2)30-43(53(14,15)16)50(47)56(23,24)25)48-37(6)34(3)31-44(54(17,18)19)51(48)57(26,27)28;;;;/h29-31H,1-28H3;3*1H;/q;;;;+3/p-3. The van der Waals surface area contributed by atoms with E-state index in [9.17, 15) is 0 Å². The Hall–Kier alpha value is 0.242. The van der Waals surface area contributed by atoms with Crippen LogP contribution in [0.15, 0.2) is 40.1 Å². The molecule has 1 unspecified atom stereocenters. The average Bonchev–Trinajstić information content (AvgIpc) is 3.17. The first-order valence-corrected chi connectivity index (χ1v) is 46.5. The fourth-order valence-electron chi connectivity index (χ4n) is 11.1. The van der Waals surface area contributed by atoms with Crippen LogP contribution >= 0.6 is 0 Å². The van der Waals surface area contributed by atoms with Gasteiger partial charge < -0.3 is 37.2 Å². The maximum absolute atomic E-state index is 3.29. The number of hydrogen-bond acceptors (Lipinski definition) is 0. The monoisotopic (exact) mass is 1050 g/mol. The van der Waals surface area contributed by atoms with Gasteiger partial charge in [0.15, 0.2) is 0 Å². The molecule has 0 nitrogen and oxygen atoms in total. The summed E-state index contributed by atoms with van der Waals surface area (Å²) in [6.07, 6.45) is 0. The van der Waals surface area contributed by atoms with Gasteiger partial charge in [-0.1, -0.05) is 0 Å². The molecule has 3 aromatic carbocycles. The molecule has 62 heavy (non-hydrogen) atoms. The predicted octanol–water partition coefficient (Wildman–Crippen LogP) is 1.22. The van der Waals surface area contributed by atoms with E-state index in [1.165, 1.54) is 16.7 Å². The van der Waals surface area contributed by atoms with Gasteiger partial charge in [-0.25, -0.2) is 0 Å². The molecule has 0 radical (unpaired) electrons. The molecule has 0 aliphatic heterocycles. The number of benzene rings is 3. The zero-order chi connectivity index (χ0) is 46.1. The summed E-state index contributed by atoms with van der Waals surface area (Å²) in [7, 11) is -14.9. The third kappa shape index (κ3) is 10.2. The normalized spacial score (nSPS) is 17.0. The number of halogens is 3. The molecule has 1 aliphatic carbocycles. The molecule has 0 amide bonds. The molecular weight excluding hydrogens is 963 g/mol. The van der Waals surface area contributed by atoms with Gasteiger partial charge in [-0.15, -0.1) is 0 Å². The molecule has 1 atom stereocenters. The topological polar surface area (TPSA) is 0 Å². The Bertz CT molecular complexity index is 2080. The van der Waals surface area contributed by atoms with Crippen LogP contribution in [0.2, 0.25) is 122 Å². The van der Waals surface area contributed by atoms with Crippen molar-refractivity contribution in [2.75, 3.05) is 0 Å². The van der Waals surface area contributed by atoms with Crippen molar-refractivity contribution < 1.29 is 57.7 Å². The molecule has 11 heteroatoms. The molecule has 0 saturated heterocycles. The van der Waals surface area contributed by atoms with Crippen LogP contribution in [0.25, 0.3) is 0 Å². The van der Waals surface area contributed by atoms with Crippen LogP contribution < -0.4 is 83.9 Å². The zero-order valence-corrected chi connectivity index (χ0v) is 55.7. The van der Waals surface area contributed by atoms with Gasteiger partial charge in [-0.2, -0.15) is 0 Å². The van der Waals surface area contributed by atoms with Crippen molar-refractivity contribution in [1.82, 2.24) is 0 Å². The van der Waals surface area contributed by atoms with Crippen LogP contribution in [0.5, 0.6) is 0 Å². The molecular formula is C51H87Cl3Si7Ti. The summed E-state index contributed by atoms with van der Waals surface area (Å²) in [5, 5.41) is 18.1. The molecule has 344 valence electrons. The second-order valence-electron chi connectivity index (χ2n) is 25.5. The molecule has 3 aromatic rings. The maximum Gasteiger partial charge on any atom is -1.00 e. The minimum absolute atomic E-state index is 0. The third-order valence-electron chi connectivity index (χ3n) is 14.5. The van der Waals surface area contributed by atoms with E-state index in [1.807, 2.05) is 36.3 Å². The Morgan fingerprint density at radius 2 is 0.581 bits per heavy atom. The van der Waals surface area contributed by atoms with Crippen LogP contribution in [0.3, 0.4) is 0 Å². The van der Waals surface area contributed by atoms with E-state index in [-0.39, 0.29) is 40.9 Å². The Kier molecular flexibility index (Phi) is 18.4. The molecule has 4 rings (SSSR count). The van der Waals surface area contributed by atoms with Crippen molar-refractivity contribution >= 4 is 103 Å². The summed E-state index contributed by atoms with van der Waals surface area (Å²) in [6, 6.07) is 8.17. The minimum atomic E-state index is -3.29. The Morgan fingerprint density at radius 1 is 0.355 bits per heavy atom. The molecule has 0 fully saturated rings. The van der Waals surface area contributed by atoms with Crippen LogP contribution in [0.4, 0.5) is 0 Å². The predicted molar refractivity (Wildman–Crippen MR) is 290 cm³/mol. The van der Waals surface area contributed by atoms with Gasteiger partial charge >= 0.3 is 388 Å². The molecule has 0 aromatic heterocycles. The smallest absolute Gasteiger partial charge is 1.00 e. The van der Waals surface area contributed by atoms with E-state index >= 15 is 0 Å². The minimum Gasteiger partial charge on any atom is -1.00 e.